The Morgan fingerprint density at radius 2 is 2.26 bits per heavy atom. The van der Waals surface area contributed by atoms with Crippen LogP contribution in [0.15, 0.2) is 23.6 Å². The van der Waals surface area contributed by atoms with Crippen molar-refractivity contribution in [3.8, 4) is 5.75 Å². The van der Waals surface area contributed by atoms with Crippen LogP contribution in [0.25, 0.3) is 0 Å². The van der Waals surface area contributed by atoms with E-state index in [1.807, 2.05) is 25.4 Å². The van der Waals surface area contributed by atoms with Gasteiger partial charge in [0, 0.05) is 23.5 Å². The highest BCUT2D eigenvalue weighted by molar-refractivity contribution is 7.09. The van der Waals surface area contributed by atoms with Gasteiger partial charge in [-0.1, -0.05) is 6.07 Å². The number of likely N-dealkylation sites (N-methyl/N-ethyl adjacent to an activating group) is 1. The van der Waals surface area contributed by atoms with Crippen molar-refractivity contribution >= 4 is 11.3 Å². The molecule has 5 heteroatoms. The van der Waals surface area contributed by atoms with E-state index in [1.54, 1.807) is 17.4 Å². The van der Waals surface area contributed by atoms with Crippen molar-refractivity contribution in [2.75, 3.05) is 14.2 Å². The van der Waals surface area contributed by atoms with Crippen LogP contribution in [-0.4, -0.2) is 19.1 Å². The number of rotatable bonds is 5. The zero-order valence-electron chi connectivity index (χ0n) is 11.2. The van der Waals surface area contributed by atoms with Gasteiger partial charge in [0.15, 0.2) is 11.6 Å². The summed E-state index contributed by atoms with van der Waals surface area (Å²) in [6.45, 7) is 1.97. The molecule has 3 nitrogen and oxygen atoms in total. The second kappa shape index (κ2) is 6.12. The molecular weight excluding hydrogens is 263 g/mol. The van der Waals surface area contributed by atoms with Crippen molar-refractivity contribution in [1.29, 1.82) is 0 Å². The monoisotopic (exact) mass is 280 g/mol. The molecule has 0 fully saturated rings. The highest BCUT2D eigenvalue weighted by Gasteiger charge is 2.14. The summed E-state index contributed by atoms with van der Waals surface area (Å²) in [7, 11) is 3.33. The van der Waals surface area contributed by atoms with Crippen LogP contribution in [-0.2, 0) is 6.42 Å². The molecule has 0 aliphatic rings. The average Bonchev–Trinajstić information content (AvgIpc) is 2.81. The summed E-state index contributed by atoms with van der Waals surface area (Å²) in [4.78, 5) is 4.44. The van der Waals surface area contributed by atoms with Gasteiger partial charge in [0.2, 0.25) is 0 Å². The molecule has 1 heterocycles. The molecule has 1 atom stereocenters. The van der Waals surface area contributed by atoms with E-state index in [4.69, 9.17) is 4.74 Å². The molecule has 0 saturated carbocycles. The number of aromatic nitrogens is 1. The molecule has 0 bridgehead atoms. The van der Waals surface area contributed by atoms with E-state index >= 15 is 0 Å². The van der Waals surface area contributed by atoms with Crippen LogP contribution >= 0.6 is 11.3 Å². The third-order valence-electron chi connectivity index (χ3n) is 2.97. The minimum Gasteiger partial charge on any atom is -0.494 e. The number of nitrogens with one attached hydrogen (secondary N) is 1. The van der Waals surface area contributed by atoms with E-state index < -0.39 is 0 Å². The molecule has 1 N–H and O–H groups in total. The van der Waals surface area contributed by atoms with Gasteiger partial charge in [-0.05, 0) is 31.7 Å². The highest BCUT2D eigenvalue weighted by atomic mass is 32.1. The fourth-order valence-electron chi connectivity index (χ4n) is 1.96. The summed E-state index contributed by atoms with van der Waals surface area (Å²) >= 11 is 1.63. The molecule has 1 aromatic carbocycles. The van der Waals surface area contributed by atoms with Crippen LogP contribution < -0.4 is 10.1 Å². The Balaban J connectivity index is 2.19. The van der Waals surface area contributed by atoms with Crippen LogP contribution in [0.3, 0.4) is 0 Å². The second-order valence-electron chi connectivity index (χ2n) is 4.32. The molecule has 19 heavy (non-hydrogen) atoms. The van der Waals surface area contributed by atoms with Gasteiger partial charge in [-0.25, -0.2) is 9.37 Å². The quantitative estimate of drug-likeness (QED) is 0.914. The lowest BCUT2D eigenvalue weighted by molar-refractivity contribution is 0.385. The van der Waals surface area contributed by atoms with E-state index in [0.717, 1.165) is 22.7 Å². The first-order valence-corrected chi connectivity index (χ1v) is 6.93. The van der Waals surface area contributed by atoms with Crippen molar-refractivity contribution in [2.45, 2.75) is 19.4 Å². The zero-order chi connectivity index (χ0) is 13.8. The van der Waals surface area contributed by atoms with Gasteiger partial charge in [0.1, 0.15) is 0 Å². The molecule has 2 aromatic rings. The number of halogens is 1. The molecule has 1 aromatic heterocycles. The van der Waals surface area contributed by atoms with Gasteiger partial charge in [0.25, 0.3) is 0 Å². The number of benzene rings is 1. The van der Waals surface area contributed by atoms with E-state index in [0.29, 0.717) is 0 Å². The summed E-state index contributed by atoms with van der Waals surface area (Å²) in [6.07, 6.45) is 0.751. The van der Waals surface area contributed by atoms with Crippen molar-refractivity contribution in [3.05, 3.63) is 45.7 Å². The Morgan fingerprint density at radius 3 is 2.79 bits per heavy atom. The minimum absolute atomic E-state index is 0.0472. The number of thiazole rings is 1. The molecular formula is C14H17FN2OS. The van der Waals surface area contributed by atoms with Crippen molar-refractivity contribution < 1.29 is 9.13 Å². The van der Waals surface area contributed by atoms with Crippen LogP contribution in [0, 0.1) is 12.7 Å². The van der Waals surface area contributed by atoms with Crippen LogP contribution in [0.2, 0.25) is 0 Å². The lowest BCUT2D eigenvalue weighted by atomic mass is 10.0. The molecule has 0 radical (unpaired) electrons. The van der Waals surface area contributed by atoms with Crippen LogP contribution in [0.4, 0.5) is 4.39 Å². The van der Waals surface area contributed by atoms with Gasteiger partial charge in [-0.3, -0.25) is 0 Å². The summed E-state index contributed by atoms with van der Waals surface area (Å²) in [5.74, 6) is -0.0701. The van der Waals surface area contributed by atoms with E-state index in [-0.39, 0.29) is 17.6 Å². The third-order valence-corrected chi connectivity index (χ3v) is 3.96. The van der Waals surface area contributed by atoms with Crippen LogP contribution in [0.1, 0.15) is 22.3 Å². The summed E-state index contributed by atoms with van der Waals surface area (Å²) in [5, 5.41) is 6.27. The molecule has 0 aliphatic carbocycles. The molecule has 0 spiro atoms. The molecule has 0 amide bonds. The Morgan fingerprint density at radius 1 is 1.47 bits per heavy atom. The number of methoxy groups -OCH3 is 1. The molecule has 2 rings (SSSR count). The lowest BCUT2D eigenvalue weighted by Crippen LogP contribution is -2.19. The standard InChI is InChI=1S/C14H17FN2OS/c1-9-8-19-14(17-9)7-12(16-2)10-4-5-13(18-3)11(15)6-10/h4-6,8,12,16H,7H2,1-3H3. The summed E-state index contributed by atoms with van der Waals surface area (Å²) in [6, 6.07) is 5.09. The second-order valence-corrected chi connectivity index (χ2v) is 5.26. The first-order chi connectivity index (χ1) is 9.13. The van der Waals surface area contributed by atoms with Crippen molar-refractivity contribution in [2.24, 2.45) is 0 Å². The first-order valence-electron chi connectivity index (χ1n) is 6.05. The maximum Gasteiger partial charge on any atom is 0.165 e. The molecule has 102 valence electrons. The maximum absolute atomic E-state index is 13.7. The maximum atomic E-state index is 13.7. The normalized spacial score (nSPS) is 12.4. The van der Waals surface area contributed by atoms with Gasteiger partial charge in [0.05, 0.1) is 12.1 Å². The largest absolute Gasteiger partial charge is 0.494 e. The summed E-state index contributed by atoms with van der Waals surface area (Å²) in [5.41, 5.74) is 1.92. The number of ether oxygens (including phenoxy) is 1. The molecule has 1 unspecified atom stereocenters. The summed E-state index contributed by atoms with van der Waals surface area (Å²) < 4.78 is 18.7. The molecule has 0 aliphatic heterocycles. The highest BCUT2D eigenvalue weighted by Crippen LogP contribution is 2.25. The van der Waals surface area contributed by atoms with E-state index in [9.17, 15) is 4.39 Å². The predicted octanol–water partition coefficient (Wildman–Crippen LogP) is 3.10. The fraction of sp³-hybridized carbons (Fsp3) is 0.357. The fourth-order valence-corrected chi connectivity index (χ4v) is 2.78. The van der Waals surface area contributed by atoms with Crippen molar-refractivity contribution in [3.63, 3.8) is 0 Å². The smallest absolute Gasteiger partial charge is 0.165 e. The van der Waals surface area contributed by atoms with Gasteiger partial charge < -0.3 is 10.1 Å². The number of hydrogen-bond acceptors (Lipinski definition) is 4. The Kier molecular flexibility index (Phi) is 4.50. The van der Waals surface area contributed by atoms with E-state index in [1.165, 1.54) is 13.2 Å². The van der Waals surface area contributed by atoms with E-state index in [2.05, 4.69) is 10.3 Å². The van der Waals surface area contributed by atoms with Gasteiger partial charge >= 0.3 is 0 Å². The Bertz CT molecular complexity index is 556. The minimum atomic E-state index is -0.337. The Hall–Kier alpha value is -1.46. The van der Waals surface area contributed by atoms with Crippen LogP contribution in [0.5, 0.6) is 5.75 Å². The van der Waals surface area contributed by atoms with Crippen molar-refractivity contribution in [1.82, 2.24) is 10.3 Å². The number of hydrogen-bond donors (Lipinski definition) is 1. The zero-order valence-corrected chi connectivity index (χ0v) is 12.1. The molecule has 0 saturated heterocycles. The number of aryl methyl sites for hydroxylation is 1. The third kappa shape index (κ3) is 3.30. The Labute approximate surface area is 116 Å². The SMILES string of the molecule is CNC(Cc1nc(C)cs1)c1ccc(OC)c(F)c1. The lowest BCUT2D eigenvalue weighted by Gasteiger charge is -2.16. The number of nitrogens with zero attached hydrogens (tertiary/aromatic N) is 1. The predicted molar refractivity (Wildman–Crippen MR) is 75.3 cm³/mol. The van der Waals surface area contributed by atoms with Gasteiger partial charge in [-0.15, -0.1) is 11.3 Å². The topological polar surface area (TPSA) is 34.2 Å². The average molecular weight is 280 g/mol. The first kappa shape index (κ1) is 14.0. The van der Waals surface area contributed by atoms with Gasteiger partial charge in [-0.2, -0.15) is 0 Å².